The summed E-state index contributed by atoms with van der Waals surface area (Å²) in [5.74, 6) is 0.858. The lowest BCUT2D eigenvalue weighted by Crippen LogP contribution is -2.42. The highest BCUT2D eigenvalue weighted by atomic mass is 16.5. The van der Waals surface area contributed by atoms with Crippen LogP contribution in [0, 0.1) is 0 Å². The molecule has 7 nitrogen and oxygen atoms in total. The summed E-state index contributed by atoms with van der Waals surface area (Å²) in [5.41, 5.74) is 2.13. The number of carbonyl (C=O) groups is 1. The van der Waals surface area contributed by atoms with Crippen LogP contribution in [-0.4, -0.2) is 60.1 Å². The predicted octanol–water partition coefficient (Wildman–Crippen LogP) is 3.11. The molecule has 7 heteroatoms. The number of nitrogens with one attached hydrogen (secondary N) is 2. The fourth-order valence-corrected chi connectivity index (χ4v) is 3.97. The average molecular weight is 406 g/mol. The first-order valence-electron chi connectivity index (χ1n) is 10.2. The Kier molecular flexibility index (Phi) is 6.41. The maximum atomic E-state index is 12.8. The van der Waals surface area contributed by atoms with Gasteiger partial charge in [-0.25, -0.2) is 9.48 Å². The van der Waals surface area contributed by atoms with Crippen molar-refractivity contribution in [1.82, 2.24) is 20.0 Å². The van der Waals surface area contributed by atoms with Crippen LogP contribution in [0.3, 0.4) is 0 Å². The summed E-state index contributed by atoms with van der Waals surface area (Å²) < 4.78 is 6.95. The minimum Gasteiger partial charge on any atom is -0.383 e. The molecule has 0 spiro atoms. The summed E-state index contributed by atoms with van der Waals surface area (Å²) in [6, 6.07) is 21.7. The lowest BCUT2D eigenvalue weighted by Gasteiger charge is -2.20. The third-order valence-electron chi connectivity index (χ3n) is 5.44. The zero-order valence-electron chi connectivity index (χ0n) is 17.1. The van der Waals surface area contributed by atoms with Crippen molar-refractivity contribution in [2.24, 2.45) is 0 Å². The number of likely N-dealkylation sites (tertiary alicyclic amines) is 1. The van der Waals surface area contributed by atoms with E-state index in [0.29, 0.717) is 12.4 Å². The molecule has 4 rings (SSSR count). The number of hydrogen-bond acceptors (Lipinski definition) is 4. The molecule has 30 heavy (non-hydrogen) atoms. The van der Waals surface area contributed by atoms with Gasteiger partial charge in [0.1, 0.15) is 5.82 Å². The Hall–Kier alpha value is -3.16. The van der Waals surface area contributed by atoms with Crippen molar-refractivity contribution in [3.63, 3.8) is 0 Å². The van der Waals surface area contributed by atoms with E-state index in [1.807, 2.05) is 48.5 Å². The summed E-state index contributed by atoms with van der Waals surface area (Å²) >= 11 is 0. The van der Waals surface area contributed by atoms with Crippen molar-refractivity contribution >= 4 is 11.8 Å². The molecule has 0 unspecified atom stereocenters. The Labute approximate surface area is 176 Å². The number of methoxy groups -OCH3 is 1. The smallest absolute Gasteiger partial charge is 0.320 e. The second-order valence-electron chi connectivity index (χ2n) is 7.44. The Balaban J connectivity index is 1.45. The normalized spacial score (nSPS) is 19.0. The first-order chi connectivity index (χ1) is 14.7. The predicted molar refractivity (Wildman–Crippen MR) is 117 cm³/mol. The van der Waals surface area contributed by atoms with Gasteiger partial charge in [-0.15, -0.1) is 0 Å². The van der Waals surface area contributed by atoms with Crippen LogP contribution in [0.4, 0.5) is 10.6 Å². The second kappa shape index (κ2) is 9.56. The molecule has 2 atom stereocenters. The fraction of sp³-hybridized carbons (Fsp3) is 0.304. The Morgan fingerprint density at radius 1 is 1.07 bits per heavy atom. The van der Waals surface area contributed by atoms with Gasteiger partial charge in [0.2, 0.25) is 0 Å². The first-order valence-corrected chi connectivity index (χ1v) is 10.2. The van der Waals surface area contributed by atoms with E-state index in [-0.39, 0.29) is 18.0 Å². The molecular weight excluding hydrogens is 378 g/mol. The molecule has 1 aliphatic rings. The van der Waals surface area contributed by atoms with Gasteiger partial charge in [-0.3, -0.25) is 10.2 Å². The van der Waals surface area contributed by atoms with E-state index in [9.17, 15) is 4.79 Å². The Morgan fingerprint density at radius 2 is 1.80 bits per heavy atom. The number of carbonyl (C=O) groups excluding carboxylic acids is 1. The van der Waals surface area contributed by atoms with Crippen molar-refractivity contribution < 1.29 is 9.53 Å². The van der Waals surface area contributed by atoms with E-state index >= 15 is 0 Å². The number of anilines is 1. The molecule has 2 amide bonds. The summed E-state index contributed by atoms with van der Waals surface area (Å²) in [6.07, 6.45) is 1.68. The number of hydrogen-bond donors (Lipinski definition) is 2. The van der Waals surface area contributed by atoms with Crippen molar-refractivity contribution in [3.8, 4) is 5.69 Å². The quantitative estimate of drug-likeness (QED) is 0.634. The van der Waals surface area contributed by atoms with Gasteiger partial charge in [-0.2, -0.15) is 5.10 Å². The third kappa shape index (κ3) is 4.69. The van der Waals surface area contributed by atoms with Gasteiger partial charge in [0.05, 0.1) is 24.5 Å². The molecule has 1 aliphatic heterocycles. The van der Waals surface area contributed by atoms with E-state index in [1.165, 1.54) is 5.56 Å². The molecular formula is C23H27N5O2. The van der Waals surface area contributed by atoms with Gasteiger partial charge in [-0.1, -0.05) is 48.5 Å². The highest BCUT2D eigenvalue weighted by molar-refractivity contribution is 5.89. The molecule has 3 aromatic rings. The van der Waals surface area contributed by atoms with Gasteiger partial charge in [0.25, 0.3) is 0 Å². The van der Waals surface area contributed by atoms with Crippen LogP contribution in [0.1, 0.15) is 11.5 Å². The standard InChI is InChI=1S/C23H27N5O2/c1-30-15-14-27-16-20(18-8-4-2-5-9-18)21(17-27)25-23(29)26-22-12-13-24-28(22)19-10-6-3-7-11-19/h2-13,20-21H,14-17H2,1H3,(H2,25,26,29)/t20-,21+/m1/s1. The molecule has 1 aromatic heterocycles. The molecule has 2 aromatic carbocycles. The van der Waals surface area contributed by atoms with Gasteiger partial charge >= 0.3 is 6.03 Å². The van der Waals surface area contributed by atoms with E-state index in [4.69, 9.17) is 4.74 Å². The molecule has 0 radical (unpaired) electrons. The minimum atomic E-state index is -0.229. The number of amides is 2. The van der Waals surface area contributed by atoms with Crippen LogP contribution < -0.4 is 10.6 Å². The van der Waals surface area contributed by atoms with Gasteiger partial charge in [0.15, 0.2) is 0 Å². The van der Waals surface area contributed by atoms with E-state index in [1.54, 1.807) is 24.1 Å². The second-order valence-corrected chi connectivity index (χ2v) is 7.44. The largest absolute Gasteiger partial charge is 0.383 e. The number of benzene rings is 2. The Bertz CT molecular complexity index is 944. The number of urea groups is 1. The van der Waals surface area contributed by atoms with E-state index in [0.717, 1.165) is 25.3 Å². The SMILES string of the molecule is COCCN1C[C@H](NC(=O)Nc2ccnn2-c2ccccc2)[C@@H](c2ccccc2)C1. The van der Waals surface area contributed by atoms with Crippen molar-refractivity contribution in [2.75, 3.05) is 38.7 Å². The number of rotatable bonds is 7. The maximum Gasteiger partial charge on any atom is 0.320 e. The first kappa shape index (κ1) is 20.1. The lowest BCUT2D eigenvalue weighted by atomic mass is 9.94. The molecule has 2 heterocycles. The van der Waals surface area contributed by atoms with Crippen molar-refractivity contribution in [3.05, 3.63) is 78.5 Å². The zero-order valence-corrected chi connectivity index (χ0v) is 17.1. The van der Waals surface area contributed by atoms with Crippen LogP contribution in [0.15, 0.2) is 72.9 Å². The molecule has 0 bridgehead atoms. The summed E-state index contributed by atoms with van der Waals surface area (Å²) in [7, 11) is 1.71. The summed E-state index contributed by atoms with van der Waals surface area (Å²) in [6.45, 7) is 3.20. The number of para-hydroxylation sites is 1. The number of ether oxygens (including phenoxy) is 1. The van der Waals surface area contributed by atoms with Gasteiger partial charge < -0.3 is 10.1 Å². The third-order valence-corrected chi connectivity index (χ3v) is 5.44. The average Bonchev–Trinajstić information content (AvgIpc) is 3.40. The van der Waals surface area contributed by atoms with Crippen molar-refractivity contribution in [2.45, 2.75) is 12.0 Å². The van der Waals surface area contributed by atoms with Crippen LogP contribution in [-0.2, 0) is 4.74 Å². The molecule has 156 valence electrons. The van der Waals surface area contributed by atoms with E-state index < -0.39 is 0 Å². The van der Waals surface area contributed by atoms with Gasteiger partial charge in [-0.05, 0) is 17.7 Å². The van der Waals surface area contributed by atoms with Crippen LogP contribution in [0.2, 0.25) is 0 Å². The number of aromatic nitrogens is 2. The van der Waals surface area contributed by atoms with Crippen LogP contribution in [0.25, 0.3) is 5.69 Å². The molecule has 0 aliphatic carbocycles. The maximum absolute atomic E-state index is 12.8. The highest BCUT2D eigenvalue weighted by Gasteiger charge is 2.34. The van der Waals surface area contributed by atoms with Crippen LogP contribution in [0.5, 0.6) is 0 Å². The molecule has 0 saturated carbocycles. The van der Waals surface area contributed by atoms with Crippen LogP contribution >= 0.6 is 0 Å². The van der Waals surface area contributed by atoms with E-state index in [2.05, 4.69) is 32.8 Å². The van der Waals surface area contributed by atoms with Crippen molar-refractivity contribution in [1.29, 1.82) is 0 Å². The van der Waals surface area contributed by atoms with Gasteiger partial charge in [0, 0.05) is 38.7 Å². The summed E-state index contributed by atoms with van der Waals surface area (Å²) in [5, 5.41) is 10.5. The zero-order chi connectivity index (χ0) is 20.8. The molecule has 2 N–H and O–H groups in total. The fourth-order valence-electron chi connectivity index (χ4n) is 3.97. The molecule has 1 saturated heterocycles. The topological polar surface area (TPSA) is 71.4 Å². The Morgan fingerprint density at radius 3 is 2.53 bits per heavy atom. The summed E-state index contributed by atoms with van der Waals surface area (Å²) in [4.78, 5) is 15.2. The lowest BCUT2D eigenvalue weighted by molar-refractivity contribution is 0.159. The monoisotopic (exact) mass is 405 g/mol. The number of nitrogens with zero attached hydrogens (tertiary/aromatic N) is 3. The molecule has 1 fully saturated rings. The highest BCUT2D eigenvalue weighted by Crippen LogP contribution is 2.27. The minimum absolute atomic E-state index is 0.0114.